The lowest BCUT2D eigenvalue weighted by atomic mass is 9.88. The van der Waals surface area contributed by atoms with Crippen LogP contribution in [0, 0.1) is 0 Å². The molecule has 1 heterocycles. The minimum Gasteiger partial charge on any atom is -0.346 e. The van der Waals surface area contributed by atoms with E-state index in [1.807, 2.05) is 18.2 Å². The summed E-state index contributed by atoms with van der Waals surface area (Å²) < 4.78 is 0. The van der Waals surface area contributed by atoms with Crippen LogP contribution < -0.4 is 5.32 Å². The number of amides is 1. The number of aromatic nitrogens is 2. The zero-order valence-corrected chi connectivity index (χ0v) is 12.0. The summed E-state index contributed by atoms with van der Waals surface area (Å²) in [5, 5.41) is 10.7. The number of carbonyl (C=O) groups is 1. The van der Waals surface area contributed by atoms with E-state index in [-0.39, 0.29) is 11.4 Å². The van der Waals surface area contributed by atoms with Gasteiger partial charge >= 0.3 is 0 Å². The Bertz CT molecular complexity index is 592. The van der Waals surface area contributed by atoms with Crippen molar-refractivity contribution in [1.82, 2.24) is 15.5 Å². The average molecular weight is 281 g/mol. The summed E-state index contributed by atoms with van der Waals surface area (Å²) in [6.45, 7) is 0. The van der Waals surface area contributed by atoms with E-state index >= 15 is 0 Å². The molecule has 4 nitrogen and oxygen atoms in total. The monoisotopic (exact) mass is 281 g/mol. The molecule has 0 radical (unpaired) electrons. The second-order valence-corrected chi connectivity index (χ2v) is 5.74. The fourth-order valence-corrected chi connectivity index (χ4v) is 3.12. The third kappa shape index (κ3) is 3.27. The molecule has 0 unspecified atom stereocenters. The number of nitrogens with one attached hydrogen (secondary N) is 1. The lowest BCUT2D eigenvalue weighted by molar-refractivity contribution is 0.0899. The Morgan fingerprint density at radius 2 is 1.86 bits per heavy atom. The molecule has 2 aromatic rings. The Balaban J connectivity index is 1.77. The molecular weight excluding hydrogens is 262 g/mol. The van der Waals surface area contributed by atoms with Crippen molar-refractivity contribution in [1.29, 1.82) is 0 Å². The predicted octanol–water partition coefficient (Wildman–Crippen LogP) is 2.76. The van der Waals surface area contributed by atoms with Gasteiger partial charge in [-0.25, -0.2) is 0 Å². The first-order valence-electron chi connectivity index (χ1n) is 7.41. The molecule has 108 valence electrons. The summed E-state index contributed by atoms with van der Waals surface area (Å²) >= 11 is 0. The fourth-order valence-electron chi connectivity index (χ4n) is 3.12. The van der Waals surface area contributed by atoms with Crippen LogP contribution in [-0.2, 0) is 6.42 Å². The van der Waals surface area contributed by atoms with Gasteiger partial charge < -0.3 is 5.32 Å². The van der Waals surface area contributed by atoms with Gasteiger partial charge in [0.25, 0.3) is 5.91 Å². The fraction of sp³-hybridized carbons (Fsp3) is 0.353. The van der Waals surface area contributed by atoms with E-state index in [2.05, 4.69) is 27.6 Å². The lowest BCUT2D eigenvalue weighted by Crippen LogP contribution is -2.48. The molecule has 0 atom stereocenters. The number of carbonyl (C=O) groups excluding carboxylic acids is 1. The SMILES string of the molecule is O=C(NC1(Cc2ccccc2)CCCC1)c1ccnnc1. The van der Waals surface area contributed by atoms with Crippen LogP contribution in [0.5, 0.6) is 0 Å². The molecule has 0 saturated heterocycles. The summed E-state index contributed by atoms with van der Waals surface area (Å²) in [7, 11) is 0. The molecule has 1 aromatic carbocycles. The van der Waals surface area contributed by atoms with E-state index in [4.69, 9.17) is 0 Å². The van der Waals surface area contributed by atoms with E-state index in [1.165, 1.54) is 24.6 Å². The Kier molecular flexibility index (Phi) is 3.95. The average Bonchev–Trinajstić information content (AvgIpc) is 2.97. The van der Waals surface area contributed by atoms with Crippen LogP contribution in [0.2, 0.25) is 0 Å². The molecular formula is C17H19N3O. The van der Waals surface area contributed by atoms with Crippen molar-refractivity contribution in [3.8, 4) is 0 Å². The summed E-state index contributed by atoms with van der Waals surface area (Å²) in [6.07, 6.45) is 8.35. The topological polar surface area (TPSA) is 54.9 Å². The highest BCUT2D eigenvalue weighted by Crippen LogP contribution is 2.33. The van der Waals surface area contributed by atoms with Gasteiger partial charge in [-0.2, -0.15) is 10.2 Å². The van der Waals surface area contributed by atoms with Crippen LogP contribution in [0.25, 0.3) is 0 Å². The van der Waals surface area contributed by atoms with Gasteiger partial charge in [0, 0.05) is 5.54 Å². The van der Waals surface area contributed by atoms with Gasteiger partial charge in [-0.1, -0.05) is 43.2 Å². The van der Waals surface area contributed by atoms with Gasteiger partial charge in [0.2, 0.25) is 0 Å². The van der Waals surface area contributed by atoms with Crippen molar-refractivity contribution in [2.75, 3.05) is 0 Å². The second kappa shape index (κ2) is 6.04. The number of hydrogen-bond donors (Lipinski definition) is 1. The van der Waals surface area contributed by atoms with E-state index in [1.54, 1.807) is 12.3 Å². The maximum absolute atomic E-state index is 12.4. The number of hydrogen-bond acceptors (Lipinski definition) is 3. The van der Waals surface area contributed by atoms with Crippen molar-refractivity contribution in [3.63, 3.8) is 0 Å². The summed E-state index contributed by atoms with van der Waals surface area (Å²) in [6, 6.07) is 12.1. The molecule has 0 aliphatic heterocycles. The molecule has 0 bridgehead atoms. The number of nitrogens with zero attached hydrogens (tertiary/aromatic N) is 2. The third-order valence-corrected chi connectivity index (χ3v) is 4.17. The van der Waals surface area contributed by atoms with Crippen LogP contribution in [0.15, 0.2) is 48.8 Å². The zero-order valence-electron chi connectivity index (χ0n) is 12.0. The highest BCUT2D eigenvalue weighted by atomic mass is 16.1. The zero-order chi connectivity index (χ0) is 14.5. The van der Waals surface area contributed by atoms with Crippen molar-refractivity contribution < 1.29 is 4.79 Å². The third-order valence-electron chi connectivity index (χ3n) is 4.17. The minimum absolute atomic E-state index is 0.0530. The highest BCUT2D eigenvalue weighted by molar-refractivity contribution is 5.94. The van der Waals surface area contributed by atoms with Crippen molar-refractivity contribution in [3.05, 3.63) is 59.9 Å². The number of benzene rings is 1. The quantitative estimate of drug-likeness (QED) is 0.937. The molecule has 3 rings (SSSR count). The van der Waals surface area contributed by atoms with Crippen molar-refractivity contribution in [2.24, 2.45) is 0 Å². The normalized spacial score (nSPS) is 16.6. The van der Waals surface area contributed by atoms with Gasteiger partial charge in [-0.05, 0) is 30.9 Å². The van der Waals surface area contributed by atoms with E-state index in [0.717, 1.165) is 19.3 Å². The predicted molar refractivity (Wildman–Crippen MR) is 80.8 cm³/mol. The van der Waals surface area contributed by atoms with E-state index in [0.29, 0.717) is 5.56 Å². The Hall–Kier alpha value is -2.23. The summed E-state index contributed by atoms with van der Waals surface area (Å²) in [5.41, 5.74) is 1.72. The molecule has 1 aromatic heterocycles. The van der Waals surface area contributed by atoms with Gasteiger partial charge in [0.15, 0.2) is 0 Å². The molecule has 21 heavy (non-hydrogen) atoms. The smallest absolute Gasteiger partial charge is 0.253 e. The molecule has 1 saturated carbocycles. The van der Waals surface area contributed by atoms with Crippen LogP contribution >= 0.6 is 0 Å². The molecule has 0 spiro atoms. The van der Waals surface area contributed by atoms with Crippen LogP contribution in [0.1, 0.15) is 41.6 Å². The van der Waals surface area contributed by atoms with Gasteiger partial charge in [-0.3, -0.25) is 4.79 Å². The van der Waals surface area contributed by atoms with E-state index < -0.39 is 0 Å². The van der Waals surface area contributed by atoms with Crippen molar-refractivity contribution >= 4 is 5.91 Å². The minimum atomic E-state index is -0.123. The van der Waals surface area contributed by atoms with Gasteiger partial charge in [-0.15, -0.1) is 0 Å². The molecule has 4 heteroatoms. The van der Waals surface area contributed by atoms with Gasteiger partial charge in [0.1, 0.15) is 0 Å². The highest BCUT2D eigenvalue weighted by Gasteiger charge is 2.35. The van der Waals surface area contributed by atoms with Crippen LogP contribution in [0.4, 0.5) is 0 Å². The maximum atomic E-state index is 12.4. The van der Waals surface area contributed by atoms with Crippen LogP contribution in [0.3, 0.4) is 0 Å². The summed E-state index contributed by atoms with van der Waals surface area (Å²) in [4.78, 5) is 12.4. The Morgan fingerprint density at radius 3 is 2.52 bits per heavy atom. The first-order chi connectivity index (χ1) is 10.3. The molecule has 1 N–H and O–H groups in total. The molecule has 1 fully saturated rings. The van der Waals surface area contributed by atoms with E-state index in [9.17, 15) is 4.79 Å². The molecule has 1 amide bonds. The standard InChI is InChI=1S/C17H19N3O/c21-16(15-8-11-18-19-13-15)20-17(9-4-5-10-17)12-14-6-2-1-3-7-14/h1-3,6-8,11,13H,4-5,9-10,12H2,(H,20,21). The lowest BCUT2D eigenvalue weighted by Gasteiger charge is -2.30. The first kappa shape index (κ1) is 13.7. The van der Waals surface area contributed by atoms with Crippen LogP contribution in [-0.4, -0.2) is 21.6 Å². The molecule has 1 aliphatic carbocycles. The largest absolute Gasteiger partial charge is 0.346 e. The molecule has 1 aliphatic rings. The number of rotatable bonds is 4. The van der Waals surface area contributed by atoms with Gasteiger partial charge in [0.05, 0.1) is 18.0 Å². The first-order valence-corrected chi connectivity index (χ1v) is 7.41. The Morgan fingerprint density at radius 1 is 1.10 bits per heavy atom. The Labute approximate surface area is 124 Å². The maximum Gasteiger partial charge on any atom is 0.253 e. The summed E-state index contributed by atoms with van der Waals surface area (Å²) in [5.74, 6) is -0.0530. The van der Waals surface area contributed by atoms with Crippen molar-refractivity contribution in [2.45, 2.75) is 37.6 Å². The second-order valence-electron chi connectivity index (χ2n) is 5.74.